The van der Waals surface area contributed by atoms with Crippen LogP contribution in [0.3, 0.4) is 0 Å². The molecule has 3 aliphatic heterocycles. The number of aromatic nitrogens is 2. The average molecular weight is 916 g/mol. The zero-order valence-electron chi connectivity index (χ0n) is 38.3. The number of amides is 1. The molecule has 15 heteroatoms. The Morgan fingerprint density at radius 3 is 2.52 bits per heavy atom. The first kappa shape index (κ1) is 44.2. The molecule has 1 spiro atoms. The number of pyridine rings is 1. The number of aromatic amines is 1. The van der Waals surface area contributed by atoms with Crippen LogP contribution in [0.2, 0.25) is 0 Å². The van der Waals surface area contributed by atoms with Gasteiger partial charge in [0.25, 0.3) is 15.9 Å². The van der Waals surface area contributed by atoms with E-state index in [0.717, 1.165) is 75.3 Å². The number of piperidine rings is 1. The smallest absolute Gasteiger partial charge is 0.314 e. The number of rotatable bonds is 11. The third-order valence-corrected chi connectivity index (χ3v) is 16.8. The van der Waals surface area contributed by atoms with Crippen molar-refractivity contribution in [2.45, 2.75) is 121 Å². The van der Waals surface area contributed by atoms with Gasteiger partial charge in [-0.05, 0) is 135 Å². The van der Waals surface area contributed by atoms with Crippen LogP contribution in [0.4, 0.5) is 17.1 Å². The normalized spacial score (nSPS) is 22.1. The fourth-order valence-corrected chi connectivity index (χ4v) is 12.6. The van der Waals surface area contributed by atoms with Gasteiger partial charge < -0.3 is 24.7 Å². The fraction of sp³-hybridized carbons (Fsp3) is 0.490. The minimum Gasteiger partial charge on any atom is -0.480 e. The lowest BCUT2D eigenvalue weighted by Crippen LogP contribution is -2.54. The Balaban J connectivity index is 0.855. The van der Waals surface area contributed by atoms with Gasteiger partial charge in [0.15, 0.2) is 0 Å². The number of H-pyrrole nitrogens is 1. The molecule has 2 aliphatic carbocycles. The number of fused-ring (bicyclic) bond motifs is 2. The molecule has 2 aromatic heterocycles. The Labute approximate surface area is 387 Å². The molecule has 348 valence electrons. The van der Waals surface area contributed by atoms with Gasteiger partial charge in [0.05, 0.1) is 33.8 Å². The number of hydrogen-bond donors (Lipinski definition) is 3. The van der Waals surface area contributed by atoms with Crippen LogP contribution in [0.5, 0.6) is 17.2 Å². The van der Waals surface area contributed by atoms with E-state index >= 15 is 0 Å². The largest absolute Gasteiger partial charge is 0.480 e. The quantitative estimate of drug-likeness (QED) is 0.0850. The standard InChI is InChI=1S/C51H61N7O7S/c1-32(2)39-8-5-6-9-40(39)43-10-7-21-57(43)36-28-51(29-36)18-22-56(23-19-51)35-11-12-41(45(25-35)64-37-24-34-15-20-52-48(34)54-30-37)49(59)55-66(62,63)38-26-42-47(44(27-38)58(60)61)65-46(31-53-42)33-13-16-50(3,4)17-14-33/h5-6,8-9,11-12,15,20,24-27,30,32-33,36,43,46,53H,7,10,13-14,16-19,21-23,28-29,31H2,1-4H3,(H,52,54)(H,55,59)/t43-,46+/m0/s1. The highest BCUT2D eigenvalue weighted by atomic mass is 32.2. The monoisotopic (exact) mass is 915 g/mol. The number of ether oxygens (including phenoxy) is 2. The van der Waals surface area contributed by atoms with Gasteiger partial charge in [-0.15, -0.1) is 0 Å². The van der Waals surface area contributed by atoms with E-state index in [-0.39, 0.29) is 40.2 Å². The number of benzene rings is 3. The summed E-state index contributed by atoms with van der Waals surface area (Å²) in [6, 6.07) is 21.2. The van der Waals surface area contributed by atoms with Crippen LogP contribution in [-0.2, 0) is 10.0 Å². The first-order chi connectivity index (χ1) is 31.6. The van der Waals surface area contributed by atoms with Crippen LogP contribution >= 0.6 is 0 Å². The second-order valence-electron chi connectivity index (χ2n) is 20.6. The third kappa shape index (κ3) is 8.60. The van der Waals surface area contributed by atoms with Gasteiger partial charge in [0.1, 0.15) is 23.3 Å². The maximum atomic E-state index is 14.1. The van der Waals surface area contributed by atoms with Gasteiger partial charge in [0, 0.05) is 54.6 Å². The number of nitro groups is 1. The lowest BCUT2D eigenvalue weighted by molar-refractivity contribution is -0.386. The second-order valence-corrected chi connectivity index (χ2v) is 22.3. The van der Waals surface area contributed by atoms with Gasteiger partial charge in [0.2, 0.25) is 5.75 Å². The maximum absolute atomic E-state index is 14.1. The first-order valence-electron chi connectivity index (χ1n) is 23.8. The summed E-state index contributed by atoms with van der Waals surface area (Å²) in [7, 11) is -4.62. The number of nitrogens with zero attached hydrogens (tertiary/aromatic N) is 4. The van der Waals surface area contributed by atoms with Crippen molar-refractivity contribution in [2.75, 3.05) is 36.4 Å². The predicted molar refractivity (Wildman–Crippen MR) is 255 cm³/mol. The lowest BCUT2D eigenvalue weighted by atomic mass is 9.59. The van der Waals surface area contributed by atoms with Gasteiger partial charge >= 0.3 is 5.69 Å². The molecule has 10 rings (SSSR count). The number of nitrogens with one attached hydrogen (secondary N) is 3. The Morgan fingerprint density at radius 1 is 0.985 bits per heavy atom. The number of nitro benzene ring substituents is 1. The first-order valence-corrected chi connectivity index (χ1v) is 25.3. The molecular weight excluding hydrogens is 855 g/mol. The molecule has 4 fully saturated rings. The molecule has 2 saturated heterocycles. The van der Waals surface area contributed by atoms with E-state index in [1.807, 2.05) is 12.1 Å². The van der Waals surface area contributed by atoms with E-state index < -0.39 is 31.4 Å². The molecule has 0 unspecified atom stereocenters. The van der Waals surface area contributed by atoms with Crippen molar-refractivity contribution in [2.24, 2.45) is 16.7 Å². The molecule has 3 aromatic carbocycles. The zero-order chi connectivity index (χ0) is 46.0. The topological polar surface area (TPSA) is 172 Å². The number of carbonyl (C=O) groups is 1. The summed E-state index contributed by atoms with van der Waals surface area (Å²) in [6.45, 7) is 12.3. The Morgan fingerprint density at radius 2 is 1.76 bits per heavy atom. The fourth-order valence-electron chi connectivity index (χ4n) is 11.6. The highest BCUT2D eigenvalue weighted by Gasteiger charge is 2.50. The van der Waals surface area contributed by atoms with E-state index in [1.165, 1.54) is 42.9 Å². The molecule has 5 heterocycles. The predicted octanol–water partition coefficient (Wildman–Crippen LogP) is 10.5. The number of anilines is 2. The molecule has 5 aliphatic rings. The van der Waals surface area contributed by atoms with E-state index in [9.17, 15) is 23.3 Å². The van der Waals surface area contributed by atoms with Gasteiger partial charge in [-0.2, -0.15) is 0 Å². The summed E-state index contributed by atoms with van der Waals surface area (Å²) in [6.07, 6.45) is 14.0. The number of sulfonamides is 1. The minimum absolute atomic E-state index is 0.00915. The zero-order valence-corrected chi connectivity index (χ0v) is 39.2. The molecule has 0 radical (unpaired) electrons. The van der Waals surface area contributed by atoms with E-state index in [1.54, 1.807) is 30.6 Å². The van der Waals surface area contributed by atoms with Crippen LogP contribution in [0, 0.1) is 26.9 Å². The SMILES string of the molecule is CC(C)c1ccccc1[C@@H]1CCCN1C1CC2(CCN(c3ccc(C(=O)NS(=O)(=O)c4cc5c(c([N+](=O)[O-])c4)O[C@@H](C4CCC(C)(C)CC4)CN5)c(Oc4cnc5[nH]ccc5c4)c3)CC2)C1. The molecular formula is C51H61N7O7S. The Bertz CT molecular complexity index is 2760. The maximum Gasteiger partial charge on any atom is 0.314 e. The van der Waals surface area contributed by atoms with Gasteiger partial charge in [-0.1, -0.05) is 52.0 Å². The van der Waals surface area contributed by atoms with E-state index in [2.05, 4.69) is 81.8 Å². The molecule has 5 aromatic rings. The van der Waals surface area contributed by atoms with Crippen molar-refractivity contribution in [1.82, 2.24) is 19.6 Å². The van der Waals surface area contributed by atoms with E-state index in [0.29, 0.717) is 41.4 Å². The summed E-state index contributed by atoms with van der Waals surface area (Å²) >= 11 is 0. The van der Waals surface area contributed by atoms with Crippen molar-refractivity contribution >= 4 is 44.0 Å². The number of hydrogen-bond acceptors (Lipinski definition) is 11. The molecule has 14 nitrogen and oxygen atoms in total. The Kier molecular flexibility index (Phi) is 11.5. The summed E-state index contributed by atoms with van der Waals surface area (Å²) in [5.74, 6) is 0.318. The van der Waals surface area contributed by atoms with Crippen LogP contribution in [-0.4, -0.2) is 72.4 Å². The molecule has 1 amide bonds. The second kappa shape index (κ2) is 17.2. The van der Waals surface area contributed by atoms with Crippen molar-refractivity contribution in [3.8, 4) is 17.2 Å². The number of carbonyl (C=O) groups excluding carboxylic acids is 1. The summed E-state index contributed by atoms with van der Waals surface area (Å²) in [5.41, 5.74) is 4.75. The highest BCUT2D eigenvalue weighted by molar-refractivity contribution is 7.90. The molecule has 2 saturated carbocycles. The molecule has 3 N–H and O–H groups in total. The van der Waals surface area contributed by atoms with Crippen molar-refractivity contribution in [1.29, 1.82) is 0 Å². The minimum atomic E-state index is -4.62. The Hall–Kier alpha value is -5.67. The molecule has 0 bridgehead atoms. The van der Waals surface area contributed by atoms with Crippen LogP contribution in [0.1, 0.15) is 125 Å². The summed E-state index contributed by atoms with van der Waals surface area (Å²) < 4.78 is 42.8. The van der Waals surface area contributed by atoms with Crippen LogP contribution in [0.25, 0.3) is 11.0 Å². The van der Waals surface area contributed by atoms with Gasteiger partial charge in [-0.25, -0.2) is 18.1 Å². The molecule has 66 heavy (non-hydrogen) atoms. The van der Waals surface area contributed by atoms with Crippen LogP contribution < -0.4 is 24.4 Å². The summed E-state index contributed by atoms with van der Waals surface area (Å²) in [5, 5.41) is 16.4. The average Bonchev–Trinajstić information content (AvgIpc) is 3.98. The van der Waals surface area contributed by atoms with E-state index in [4.69, 9.17) is 9.47 Å². The van der Waals surface area contributed by atoms with Crippen molar-refractivity contribution in [3.05, 3.63) is 106 Å². The van der Waals surface area contributed by atoms with Gasteiger partial charge in [-0.3, -0.25) is 19.8 Å². The third-order valence-electron chi connectivity index (χ3n) is 15.5. The highest BCUT2D eigenvalue weighted by Crippen LogP contribution is 2.54. The summed E-state index contributed by atoms with van der Waals surface area (Å²) in [4.78, 5) is 38.1. The lowest BCUT2D eigenvalue weighted by Gasteiger charge is -2.56. The van der Waals surface area contributed by atoms with Crippen molar-refractivity contribution < 1.29 is 27.6 Å². The molecule has 2 atom stereocenters. The van der Waals surface area contributed by atoms with Crippen molar-refractivity contribution in [3.63, 3.8) is 0 Å². The van der Waals surface area contributed by atoms with Crippen LogP contribution in [0.15, 0.2) is 84.0 Å². The number of likely N-dealkylation sites (tertiary alicyclic amines) is 1.